The first-order valence-corrected chi connectivity index (χ1v) is 13.7. The summed E-state index contributed by atoms with van der Waals surface area (Å²) in [5.41, 5.74) is 2.66. The van der Waals surface area contributed by atoms with Gasteiger partial charge in [-0.15, -0.1) is 10.2 Å². The number of hydrogen-bond acceptors (Lipinski definition) is 8. The number of esters is 1. The summed E-state index contributed by atoms with van der Waals surface area (Å²) in [6.07, 6.45) is -1.15. The molecule has 1 amide bonds. The number of aromatic nitrogens is 4. The van der Waals surface area contributed by atoms with Crippen molar-refractivity contribution in [1.82, 2.24) is 20.2 Å². The highest BCUT2D eigenvalue weighted by Gasteiger charge is 2.23. The van der Waals surface area contributed by atoms with Gasteiger partial charge in [-0.2, -0.15) is 0 Å². The number of amides is 1. The second-order valence-corrected chi connectivity index (χ2v) is 10.6. The van der Waals surface area contributed by atoms with Crippen molar-refractivity contribution in [2.24, 2.45) is 0 Å². The summed E-state index contributed by atoms with van der Waals surface area (Å²) in [6.45, 7) is 1.44. The fraction of sp³-hybridized carbons (Fsp3) is 0.0741. The van der Waals surface area contributed by atoms with Crippen molar-refractivity contribution in [1.29, 1.82) is 0 Å². The molecule has 1 atom stereocenters. The van der Waals surface area contributed by atoms with E-state index in [-0.39, 0.29) is 21.4 Å². The summed E-state index contributed by atoms with van der Waals surface area (Å²) in [4.78, 5) is 33.4. The molecule has 0 spiro atoms. The van der Waals surface area contributed by atoms with Crippen LogP contribution in [0.3, 0.4) is 0 Å². The summed E-state index contributed by atoms with van der Waals surface area (Å²) >= 11 is 5.67. The van der Waals surface area contributed by atoms with E-state index in [2.05, 4.69) is 30.2 Å². The number of nitrogens with one attached hydrogen (secondary N) is 3. The van der Waals surface area contributed by atoms with Crippen molar-refractivity contribution in [3.63, 3.8) is 0 Å². The maximum absolute atomic E-state index is 13.0. The number of imidazole rings is 1. The van der Waals surface area contributed by atoms with Gasteiger partial charge in [0.1, 0.15) is 5.82 Å². The molecule has 0 aliphatic heterocycles. The molecule has 5 rings (SSSR count). The standard InChI is InChI=1S/C27H21ClN6O5S/c1-16(39-27(36)20-7-3-2-6-19(20)25-30-21-8-4-5-9-22(21)31-25)26(35)29-17-10-12-18(13-11-17)40(37,38)34-24-15-14-23(28)32-33-24/h2-16H,1H3,(H,29,35)(H,30,31)(H,33,34). The fourth-order valence-corrected chi connectivity index (χ4v) is 4.85. The minimum atomic E-state index is -3.96. The Labute approximate surface area is 233 Å². The molecule has 0 aliphatic carbocycles. The van der Waals surface area contributed by atoms with Crippen molar-refractivity contribution >= 4 is 56.0 Å². The Hall–Kier alpha value is -4.81. The Morgan fingerprint density at radius 3 is 2.38 bits per heavy atom. The molecule has 0 aliphatic rings. The van der Waals surface area contributed by atoms with E-state index < -0.39 is 28.0 Å². The van der Waals surface area contributed by atoms with Crippen molar-refractivity contribution in [3.05, 3.63) is 95.6 Å². The summed E-state index contributed by atoms with van der Waals surface area (Å²) in [5, 5.41) is 9.99. The van der Waals surface area contributed by atoms with Gasteiger partial charge in [0.05, 0.1) is 21.5 Å². The molecular weight excluding hydrogens is 556 g/mol. The number of carbonyl (C=O) groups is 2. The number of halogens is 1. The van der Waals surface area contributed by atoms with Crippen LogP contribution in [0.5, 0.6) is 0 Å². The Bertz CT molecular complexity index is 1770. The van der Waals surface area contributed by atoms with Crippen molar-refractivity contribution in [2.45, 2.75) is 17.9 Å². The van der Waals surface area contributed by atoms with Gasteiger partial charge < -0.3 is 15.0 Å². The van der Waals surface area contributed by atoms with E-state index in [1.54, 1.807) is 24.3 Å². The summed E-state index contributed by atoms with van der Waals surface area (Å²) < 4.78 is 32.9. The van der Waals surface area contributed by atoms with Crippen LogP contribution in [0.4, 0.5) is 11.5 Å². The van der Waals surface area contributed by atoms with Gasteiger partial charge in [0.25, 0.3) is 15.9 Å². The molecule has 3 aromatic carbocycles. The van der Waals surface area contributed by atoms with Gasteiger partial charge >= 0.3 is 5.97 Å². The van der Waals surface area contributed by atoms with E-state index in [0.29, 0.717) is 17.1 Å². The van der Waals surface area contributed by atoms with Gasteiger partial charge in [0, 0.05) is 11.3 Å². The molecule has 40 heavy (non-hydrogen) atoms. The number of aromatic amines is 1. The number of sulfonamides is 1. The SMILES string of the molecule is CC(OC(=O)c1ccccc1-c1nc2ccccc2[nH]1)C(=O)Nc1ccc(S(=O)(=O)Nc2ccc(Cl)nn2)cc1. The topological polar surface area (TPSA) is 156 Å². The number of carbonyl (C=O) groups excluding carboxylic acids is 2. The van der Waals surface area contributed by atoms with E-state index in [9.17, 15) is 18.0 Å². The van der Waals surface area contributed by atoms with Crippen LogP contribution in [-0.2, 0) is 19.6 Å². The minimum absolute atomic E-state index is 0.000634. The number of hydrogen-bond donors (Lipinski definition) is 3. The van der Waals surface area contributed by atoms with Crippen LogP contribution >= 0.6 is 11.6 Å². The highest BCUT2D eigenvalue weighted by atomic mass is 35.5. The predicted octanol–water partition coefficient (Wildman–Crippen LogP) is 4.66. The maximum Gasteiger partial charge on any atom is 0.339 e. The zero-order valence-electron chi connectivity index (χ0n) is 20.8. The van der Waals surface area contributed by atoms with Crippen LogP contribution in [0, 0.1) is 0 Å². The number of anilines is 2. The lowest BCUT2D eigenvalue weighted by molar-refractivity contribution is -0.123. The van der Waals surface area contributed by atoms with Gasteiger partial charge in [-0.1, -0.05) is 41.9 Å². The molecule has 0 fully saturated rings. The Kier molecular flexibility index (Phi) is 7.45. The number of rotatable bonds is 8. The van der Waals surface area contributed by atoms with Gasteiger partial charge in [-0.25, -0.2) is 18.2 Å². The number of ether oxygens (including phenoxy) is 1. The Morgan fingerprint density at radius 2 is 1.65 bits per heavy atom. The lowest BCUT2D eigenvalue weighted by Gasteiger charge is -2.15. The first kappa shape index (κ1) is 26.8. The third-order valence-corrected chi connectivity index (χ3v) is 7.32. The first-order chi connectivity index (χ1) is 19.2. The van der Waals surface area contributed by atoms with Gasteiger partial charge in [-0.05, 0) is 61.5 Å². The summed E-state index contributed by atoms with van der Waals surface area (Å²) in [7, 11) is -3.96. The molecule has 13 heteroatoms. The zero-order chi connectivity index (χ0) is 28.3. The number of nitrogens with zero attached hydrogens (tertiary/aromatic N) is 3. The highest BCUT2D eigenvalue weighted by Crippen LogP contribution is 2.25. The van der Waals surface area contributed by atoms with Gasteiger partial charge in [-0.3, -0.25) is 9.52 Å². The molecule has 202 valence electrons. The van der Waals surface area contributed by atoms with E-state index in [1.807, 2.05) is 24.3 Å². The third-order valence-electron chi connectivity index (χ3n) is 5.75. The third kappa shape index (κ3) is 5.92. The molecule has 11 nitrogen and oxygen atoms in total. The average Bonchev–Trinajstić information content (AvgIpc) is 3.39. The van der Waals surface area contributed by atoms with Gasteiger partial charge in [0.2, 0.25) is 0 Å². The second-order valence-electron chi connectivity index (χ2n) is 8.56. The summed E-state index contributed by atoms with van der Waals surface area (Å²) in [5.74, 6) is -0.797. The highest BCUT2D eigenvalue weighted by molar-refractivity contribution is 7.92. The molecule has 2 aromatic heterocycles. The van der Waals surface area contributed by atoms with E-state index in [0.717, 1.165) is 11.0 Å². The molecule has 1 unspecified atom stereocenters. The second kappa shape index (κ2) is 11.1. The molecule has 3 N–H and O–H groups in total. The molecule has 5 aromatic rings. The smallest absolute Gasteiger partial charge is 0.339 e. The number of para-hydroxylation sites is 2. The van der Waals surface area contributed by atoms with Crippen molar-refractivity contribution in [3.8, 4) is 11.4 Å². The number of H-pyrrole nitrogens is 1. The lowest BCUT2D eigenvalue weighted by Crippen LogP contribution is -2.30. The quantitative estimate of drug-likeness (QED) is 0.225. The molecule has 0 saturated heterocycles. The van der Waals surface area contributed by atoms with E-state index in [1.165, 1.54) is 43.3 Å². The largest absolute Gasteiger partial charge is 0.449 e. The first-order valence-electron chi connectivity index (χ1n) is 11.9. The van der Waals surface area contributed by atoms with E-state index >= 15 is 0 Å². The molecule has 0 bridgehead atoms. The van der Waals surface area contributed by atoms with Crippen molar-refractivity contribution in [2.75, 3.05) is 10.0 Å². The van der Waals surface area contributed by atoms with Gasteiger partial charge in [0.15, 0.2) is 17.1 Å². The maximum atomic E-state index is 13.0. The Morgan fingerprint density at radius 1 is 0.925 bits per heavy atom. The minimum Gasteiger partial charge on any atom is -0.449 e. The van der Waals surface area contributed by atoms with Crippen LogP contribution < -0.4 is 10.0 Å². The van der Waals surface area contributed by atoms with Crippen LogP contribution in [0.2, 0.25) is 5.15 Å². The van der Waals surface area contributed by atoms with E-state index in [4.69, 9.17) is 16.3 Å². The summed E-state index contributed by atoms with van der Waals surface area (Å²) in [6, 6.07) is 22.5. The van der Waals surface area contributed by atoms with Crippen LogP contribution in [0.15, 0.2) is 89.8 Å². The molecule has 0 saturated carbocycles. The van der Waals surface area contributed by atoms with Crippen LogP contribution in [0.25, 0.3) is 22.4 Å². The van der Waals surface area contributed by atoms with Crippen molar-refractivity contribution < 1.29 is 22.7 Å². The van der Waals surface area contributed by atoms with Crippen LogP contribution in [0.1, 0.15) is 17.3 Å². The Balaban J connectivity index is 1.24. The molecule has 0 radical (unpaired) electrons. The monoisotopic (exact) mass is 576 g/mol. The fourth-order valence-electron chi connectivity index (χ4n) is 3.75. The predicted molar refractivity (Wildman–Crippen MR) is 149 cm³/mol. The zero-order valence-corrected chi connectivity index (χ0v) is 22.4. The normalized spacial score (nSPS) is 12.1. The average molecular weight is 577 g/mol. The lowest BCUT2D eigenvalue weighted by atomic mass is 10.1. The molecular formula is C27H21ClN6O5S. The van der Waals surface area contributed by atoms with Crippen LogP contribution in [-0.4, -0.2) is 46.6 Å². The molecule has 2 heterocycles. The number of benzene rings is 3. The number of fused-ring (bicyclic) bond motifs is 1.